The number of carbonyl (C=O) groups excluding carboxylic acids is 1. The summed E-state index contributed by atoms with van der Waals surface area (Å²) < 4.78 is 0. The van der Waals surface area contributed by atoms with E-state index >= 15 is 0 Å². The second-order valence-electron chi connectivity index (χ2n) is 6.64. The summed E-state index contributed by atoms with van der Waals surface area (Å²) in [5.74, 6) is -1.12. The van der Waals surface area contributed by atoms with Gasteiger partial charge in [0.05, 0.1) is 0 Å². The number of hydrogen-bond acceptors (Lipinski definition) is 2. The van der Waals surface area contributed by atoms with Crippen molar-refractivity contribution in [3.05, 3.63) is 0 Å². The van der Waals surface area contributed by atoms with Gasteiger partial charge in [-0.25, -0.2) is 9.59 Å². The Bertz CT molecular complexity index is 319. The zero-order valence-electron chi connectivity index (χ0n) is 15.2. The van der Waals surface area contributed by atoms with Crippen molar-refractivity contribution in [2.24, 2.45) is 5.92 Å². The van der Waals surface area contributed by atoms with Crippen LogP contribution in [0, 0.1) is 5.92 Å². The molecule has 0 aromatic carbocycles. The molecule has 0 aromatic heterocycles. The number of rotatable bonds is 14. The first-order valence-electron chi connectivity index (χ1n) is 9.26. The molecular weight excluding hydrogens is 292 g/mol. The second-order valence-corrected chi connectivity index (χ2v) is 6.64. The molecule has 0 bridgehead atoms. The van der Waals surface area contributed by atoms with E-state index in [4.69, 9.17) is 5.11 Å². The molecule has 0 spiro atoms. The van der Waals surface area contributed by atoms with Crippen LogP contribution in [0.3, 0.4) is 0 Å². The number of unbranched alkanes of at least 4 members (excludes halogenated alkanes) is 9. The summed E-state index contributed by atoms with van der Waals surface area (Å²) in [7, 11) is 0. The van der Waals surface area contributed by atoms with Gasteiger partial charge in [0.25, 0.3) is 0 Å². The van der Waals surface area contributed by atoms with E-state index in [0.717, 1.165) is 12.8 Å². The number of carboxylic acid groups (broad SMARTS) is 1. The van der Waals surface area contributed by atoms with Gasteiger partial charge in [0, 0.05) is 6.54 Å². The van der Waals surface area contributed by atoms with Crippen molar-refractivity contribution < 1.29 is 14.7 Å². The molecule has 0 fully saturated rings. The van der Waals surface area contributed by atoms with Crippen LogP contribution >= 0.6 is 0 Å². The molecule has 1 atom stereocenters. The Morgan fingerprint density at radius 2 is 1.35 bits per heavy atom. The van der Waals surface area contributed by atoms with Crippen molar-refractivity contribution in [1.82, 2.24) is 10.6 Å². The Hall–Kier alpha value is -1.26. The number of nitrogens with one attached hydrogen (secondary N) is 2. The molecule has 0 radical (unpaired) electrons. The molecule has 0 aliphatic rings. The molecule has 0 saturated heterocycles. The lowest BCUT2D eigenvalue weighted by Crippen LogP contribution is -2.48. The van der Waals surface area contributed by atoms with Gasteiger partial charge in [0.1, 0.15) is 6.04 Å². The SMILES string of the molecule is CCCCCCCCCCCCNC(=O)N[C@H](C(=O)O)C(C)C. The van der Waals surface area contributed by atoms with Gasteiger partial charge < -0.3 is 15.7 Å². The highest BCUT2D eigenvalue weighted by Crippen LogP contribution is 2.10. The predicted octanol–water partition coefficient (Wildman–Crippen LogP) is 4.32. The molecule has 0 aliphatic heterocycles. The Balaban J connectivity index is 3.47. The largest absolute Gasteiger partial charge is 0.480 e. The molecule has 0 saturated carbocycles. The summed E-state index contributed by atoms with van der Waals surface area (Å²) in [4.78, 5) is 22.6. The Labute approximate surface area is 141 Å². The zero-order valence-corrected chi connectivity index (χ0v) is 15.2. The Kier molecular flexibility index (Phi) is 13.6. The highest BCUT2D eigenvalue weighted by molar-refractivity contribution is 5.82. The maximum atomic E-state index is 11.6. The second kappa shape index (κ2) is 14.3. The average Bonchev–Trinajstić information content (AvgIpc) is 2.49. The molecule has 23 heavy (non-hydrogen) atoms. The fourth-order valence-electron chi connectivity index (χ4n) is 2.52. The lowest BCUT2D eigenvalue weighted by atomic mass is 10.1. The van der Waals surface area contributed by atoms with Gasteiger partial charge in [-0.05, 0) is 12.3 Å². The summed E-state index contributed by atoms with van der Waals surface area (Å²) in [5, 5.41) is 14.2. The minimum atomic E-state index is -0.992. The van der Waals surface area contributed by atoms with Crippen LogP contribution in [0.1, 0.15) is 85.0 Å². The van der Waals surface area contributed by atoms with Crippen LogP contribution in [0.4, 0.5) is 4.79 Å². The van der Waals surface area contributed by atoms with Gasteiger partial charge >= 0.3 is 12.0 Å². The van der Waals surface area contributed by atoms with Crippen molar-refractivity contribution >= 4 is 12.0 Å². The molecule has 0 aliphatic carbocycles. The maximum absolute atomic E-state index is 11.6. The van der Waals surface area contributed by atoms with E-state index in [-0.39, 0.29) is 11.9 Å². The summed E-state index contributed by atoms with van der Waals surface area (Å²) in [6.07, 6.45) is 12.6. The number of carbonyl (C=O) groups is 2. The summed E-state index contributed by atoms with van der Waals surface area (Å²) in [5.41, 5.74) is 0. The standard InChI is InChI=1S/C18H36N2O3/c1-4-5-6-7-8-9-10-11-12-13-14-19-18(23)20-16(15(2)3)17(21)22/h15-16H,4-14H2,1-3H3,(H,21,22)(H2,19,20,23)/t16-/m0/s1. The van der Waals surface area contributed by atoms with E-state index in [0.29, 0.717) is 6.54 Å². The fraction of sp³-hybridized carbons (Fsp3) is 0.889. The molecule has 5 nitrogen and oxygen atoms in total. The minimum absolute atomic E-state index is 0.129. The Morgan fingerprint density at radius 1 is 0.870 bits per heavy atom. The molecule has 0 rings (SSSR count). The molecule has 0 aromatic rings. The third-order valence-electron chi connectivity index (χ3n) is 4.04. The van der Waals surface area contributed by atoms with E-state index in [9.17, 15) is 9.59 Å². The van der Waals surface area contributed by atoms with Gasteiger partial charge in [-0.3, -0.25) is 0 Å². The summed E-state index contributed by atoms with van der Waals surface area (Å²) in [6, 6.07) is -1.22. The third-order valence-corrected chi connectivity index (χ3v) is 4.04. The minimum Gasteiger partial charge on any atom is -0.480 e. The van der Waals surface area contributed by atoms with Crippen molar-refractivity contribution in [2.75, 3.05) is 6.54 Å². The highest BCUT2D eigenvalue weighted by Gasteiger charge is 2.22. The lowest BCUT2D eigenvalue weighted by Gasteiger charge is -2.18. The first-order chi connectivity index (χ1) is 11.0. The van der Waals surface area contributed by atoms with Gasteiger partial charge in [-0.2, -0.15) is 0 Å². The van der Waals surface area contributed by atoms with Gasteiger partial charge in [0.2, 0.25) is 0 Å². The molecule has 0 heterocycles. The molecule has 3 N–H and O–H groups in total. The van der Waals surface area contributed by atoms with Crippen LogP contribution < -0.4 is 10.6 Å². The van der Waals surface area contributed by atoms with Crippen LogP contribution in [0.25, 0.3) is 0 Å². The fourth-order valence-corrected chi connectivity index (χ4v) is 2.52. The number of aliphatic carboxylic acids is 1. The van der Waals surface area contributed by atoms with Crippen LogP contribution in [-0.4, -0.2) is 29.7 Å². The van der Waals surface area contributed by atoms with Gasteiger partial charge in [-0.1, -0.05) is 78.6 Å². The number of urea groups is 1. The van der Waals surface area contributed by atoms with Crippen LogP contribution in [0.15, 0.2) is 0 Å². The Morgan fingerprint density at radius 3 is 1.78 bits per heavy atom. The number of carboxylic acids is 1. The smallest absolute Gasteiger partial charge is 0.326 e. The van der Waals surface area contributed by atoms with Gasteiger partial charge in [0.15, 0.2) is 0 Å². The van der Waals surface area contributed by atoms with Crippen LogP contribution in [0.2, 0.25) is 0 Å². The van der Waals surface area contributed by atoms with E-state index in [1.54, 1.807) is 13.8 Å². The van der Waals surface area contributed by atoms with Crippen molar-refractivity contribution in [1.29, 1.82) is 0 Å². The van der Waals surface area contributed by atoms with Crippen LogP contribution in [0.5, 0.6) is 0 Å². The van der Waals surface area contributed by atoms with E-state index < -0.39 is 12.0 Å². The summed E-state index contributed by atoms with van der Waals surface area (Å²) >= 11 is 0. The monoisotopic (exact) mass is 328 g/mol. The topological polar surface area (TPSA) is 78.4 Å². The predicted molar refractivity (Wildman–Crippen MR) is 94.6 cm³/mol. The number of hydrogen-bond donors (Lipinski definition) is 3. The van der Waals surface area contributed by atoms with Crippen molar-refractivity contribution in [3.8, 4) is 0 Å². The quantitative estimate of drug-likeness (QED) is 0.416. The van der Waals surface area contributed by atoms with Gasteiger partial charge in [-0.15, -0.1) is 0 Å². The molecule has 0 unspecified atom stereocenters. The van der Waals surface area contributed by atoms with Crippen molar-refractivity contribution in [2.45, 2.75) is 91.0 Å². The molecule has 2 amide bonds. The van der Waals surface area contributed by atoms with Crippen LogP contribution in [-0.2, 0) is 4.79 Å². The zero-order chi connectivity index (χ0) is 17.5. The molecular formula is C18H36N2O3. The van der Waals surface area contributed by atoms with E-state index in [1.807, 2.05) is 0 Å². The average molecular weight is 328 g/mol. The maximum Gasteiger partial charge on any atom is 0.326 e. The van der Waals surface area contributed by atoms with E-state index in [1.165, 1.54) is 51.4 Å². The number of amides is 2. The summed E-state index contributed by atoms with van der Waals surface area (Å²) in [6.45, 7) is 6.40. The van der Waals surface area contributed by atoms with E-state index in [2.05, 4.69) is 17.6 Å². The normalized spacial score (nSPS) is 12.2. The first-order valence-corrected chi connectivity index (χ1v) is 9.26. The van der Waals surface area contributed by atoms with Crippen molar-refractivity contribution in [3.63, 3.8) is 0 Å². The lowest BCUT2D eigenvalue weighted by molar-refractivity contribution is -0.140. The molecule has 5 heteroatoms. The highest BCUT2D eigenvalue weighted by atomic mass is 16.4. The third kappa shape index (κ3) is 12.9. The molecule has 136 valence electrons. The first kappa shape index (κ1) is 21.7.